The fourth-order valence-corrected chi connectivity index (χ4v) is 4.87. The van der Waals surface area contributed by atoms with Gasteiger partial charge in [-0.15, -0.1) is 0 Å². The van der Waals surface area contributed by atoms with Gasteiger partial charge in [0, 0.05) is 51.0 Å². The zero-order valence-corrected chi connectivity index (χ0v) is 16.0. The molecule has 2 amide bonds. The lowest BCUT2D eigenvalue weighted by Crippen LogP contribution is -2.81. The van der Waals surface area contributed by atoms with Crippen molar-refractivity contribution in [3.8, 4) is 0 Å². The van der Waals surface area contributed by atoms with Crippen LogP contribution in [0.3, 0.4) is 0 Å². The van der Waals surface area contributed by atoms with Gasteiger partial charge in [0.05, 0.1) is 18.7 Å². The Hall–Kier alpha value is -2.68. The number of pyridine rings is 2. The summed E-state index contributed by atoms with van der Waals surface area (Å²) in [4.78, 5) is 40.3. The Morgan fingerprint density at radius 2 is 1.69 bits per heavy atom. The number of carbonyl (C=O) groups is 2. The molecule has 0 aliphatic carbocycles. The minimum absolute atomic E-state index is 0.167. The number of likely N-dealkylation sites (tertiary alicyclic amines) is 1. The first-order valence-corrected chi connectivity index (χ1v) is 9.88. The van der Waals surface area contributed by atoms with E-state index in [0.717, 1.165) is 11.1 Å². The van der Waals surface area contributed by atoms with E-state index in [1.54, 1.807) is 24.7 Å². The van der Waals surface area contributed by atoms with Crippen molar-refractivity contribution >= 4 is 11.8 Å². The number of β-amino-alcohol motifs (C(OH)–C–C–N with tert-alkyl or cyclic N) is 1. The Bertz CT molecular complexity index is 916. The second-order valence-corrected chi connectivity index (χ2v) is 8.19. The molecule has 1 N–H and O–H groups in total. The average molecular weight is 393 g/mol. The van der Waals surface area contributed by atoms with Gasteiger partial charge in [-0.05, 0) is 29.7 Å². The third-order valence-corrected chi connectivity index (χ3v) is 6.19. The highest BCUT2D eigenvalue weighted by Crippen LogP contribution is 2.41. The first-order valence-electron chi connectivity index (χ1n) is 9.88. The maximum atomic E-state index is 13.5. The molecule has 3 aliphatic heterocycles. The molecule has 2 aromatic heterocycles. The minimum atomic E-state index is -0.750. The highest BCUT2D eigenvalue weighted by Gasteiger charge is 2.64. The van der Waals surface area contributed by atoms with Crippen molar-refractivity contribution in [2.75, 3.05) is 19.6 Å². The molecule has 5 rings (SSSR count). The summed E-state index contributed by atoms with van der Waals surface area (Å²) in [6.45, 7) is 2.38. The van der Waals surface area contributed by atoms with E-state index in [0.29, 0.717) is 32.6 Å². The van der Waals surface area contributed by atoms with Gasteiger partial charge >= 0.3 is 0 Å². The zero-order chi connectivity index (χ0) is 20.0. The Morgan fingerprint density at radius 3 is 2.31 bits per heavy atom. The molecule has 150 valence electrons. The Labute approximate surface area is 168 Å². The van der Waals surface area contributed by atoms with E-state index in [2.05, 4.69) is 14.9 Å². The summed E-state index contributed by atoms with van der Waals surface area (Å²) in [5.41, 5.74) is 1.16. The maximum Gasteiger partial charge on any atom is 0.252 e. The highest BCUT2D eigenvalue weighted by molar-refractivity contribution is 6.06. The predicted molar refractivity (Wildman–Crippen MR) is 103 cm³/mol. The van der Waals surface area contributed by atoms with Gasteiger partial charge in [0.2, 0.25) is 5.91 Å². The number of carbonyl (C=O) groups excluding carboxylic acids is 2. The van der Waals surface area contributed by atoms with Crippen LogP contribution in [0.1, 0.15) is 17.5 Å². The van der Waals surface area contributed by atoms with Crippen LogP contribution in [0.4, 0.5) is 0 Å². The Morgan fingerprint density at radius 1 is 1.03 bits per heavy atom. The molecule has 2 atom stereocenters. The summed E-state index contributed by atoms with van der Waals surface area (Å²) in [6, 6.07) is 7.14. The summed E-state index contributed by atoms with van der Waals surface area (Å²) in [5, 5.41) is 10.2. The molecule has 3 fully saturated rings. The van der Waals surface area contributed by atoms with E-state index in [9.17, 15) is 14.7 Å². The van der Waals surface area contributed by atoms with E-state index in [4.69, 9.17) is 0 Å². The van der Waals surface area contributed by atoms with E-state index in [1.807, 2.05) is 29.3 Å². The van der Waals surface area contributed by atoms with Crippen molar-refractivity contribution in [2.24, 2.45) is 0 Å². The van der Waals surface area contributed by atoms with E-state index in [1.165, 1.54) is 4.90 Å². The lowest BCUT2D eigenvalue weighted by molar-refractivity contribution is -0.181. The van der Waals surface area contributed by atoms with Crippen LogP contribution in [0.15, 0.2) is 49.1 Å². The van der Waals surface area contributed by atoms with Gasteiger partial charge in [-0.3, -0.25) is 34.3 Å². The van der Waals surface area contributed by atoms with Crippen LogP contribution in [0.2, 0.25) is 0 Å². The lowest BCUT2D eigenvalue weighted by atomic mass is 9.82. The van der Waals surface area contributed by atoms with E-state index >= 15 is 0 Å². The molecule has 8 nitrogen and oxygen atoms in total. The normalized spacial score (nSPS) is 26.6. The van der Waals surface area contributed by atoms with Crippen molar-refractivity contribution in [1.82, 2.24) is 24.7 Å². The van der Waals surface area contributed by atoms with Gasteiger partial charge in [0.15, 0.2) is 0 Å². The van der Waals surface area contributed by atoms with Crippen LogP contribution in [-0.4, -0.2) is 78.9 Å². The second kappa shape index (κ2) is 6.98. The molecule has 1 spiro atoms. The number of aromatic nitrogens is 2. The monoisotopic (exact) mass is 393 g/mol. The summed E-state index contributed by atoms with van der Waals surface area (Å²) in [6.07, 6.45) is 6.71. The number of imide groups is 1. The topological polar surface area (TPSA) is 89.9 Å². The molecule has 5 heterocycles. The number of aliphatic hydroxyl groups excluding tert-OH is 1. The molecular formula is C21H23N5O3. The number of nitrogens with zero attached hydrogens (tertiary/aromatic N) is 5. The maximum absolute atomic E-state index is 13.5. The average Bonchev–Trinajstić information content (AvgIpc) is 3.10. The van der Waals surface area contributed by atoms with Gasteiger partial charge in [-0.25, -0.2) is 0 Å². The third-order valence-electron chi connectivity index (χ3n) is 6.19. The lowest BCUT2D eigenvalue weighted by Gasteiger charge is -2.58. The second-order valence-electron chi connectivity index (χ2n) is 8.19. The summed E-state index contributed by atoms with van der Waals surface area (Å²) >= 11 is 0. The number of piperazine rings is 1. The van der Waals surface area contributed by atoms with Crippen molar-refractivity contribution < 1.29 is 14.7 Å². The number of fused-ring (bicyclic) bond motifs is 2. The summed E-state index contributed by atoms with van der Waals surface area (Å²) in [7, 11) is 0. The first-order chi connectivity index (χ1) is 14.1. The van der Waals surface area contributed by atoms with Crippen LogP contribution in [0.5, 0.6) is 0 Å². The van der Waals surface area contributed by atoms with Crippen molar-refractivity contribution in [3.63, 3.8) is 0 Å². The Kier molecular flexibility index (Phi) is 4.42. The number of hydrogen-bond acceptors (Lipinski definition) is 7. The van der Waals surface area contributed by atoms with E-state index < -0.39 is 17.7 Å². The fourth-order valence-electron chi connectivity index (χ4n) is 4.87. The standard InChI is InChI=1S/C21H23N5O3/c27-17-7-18-19(28)25(11-16-4-2-6-23-9-16)20(29)21(26(18)12-17)13-24(14-21)10-15-3-1-5-22-8-15/h1-6,8-9,17-18,27H,7,10-14H2/t17-,18+/m1/s1. The summed E-state index contributed by atoms with van der Waals surface area (Å²) in [5.74, 6) is -0.383. The first kappa shape index (κ1) is 18.4. The van der Waals surface area contributed by atoms with Gasteiger partial charge in [0.25, 0.3) is 5.91 Å². The molecular weight excluding hydrogens is 370 g/mol. The molecule has 2 aromatic rings. The van der Waals surface area contributed by atoms with E-state index in [-0.39, 0.29) is 18.4 Å². The molecule has 0 radical (unpaired) electrons. The van der Waals surface area contributed by atoms with Crippen LogP contribution in [0.25, 0.3) is 0 Å². The Balaban J connectivity index is 1.40. The van der Waals surface area contributed by atoms with Crippen LogP contribution >= 0.6 is 0 Å². The SMILES string of the molecule is O=C1[C@@H]2C[C@@H](O)CN2C2(CN(Cc3cccnc3)C2)C(=O)N1Cc1cccnc1. The molecule has 0 bridgehead atoms. The van der Waals surface area contributed by atoms with Gasteiger partial charge < -0.3 is 5.11 Å². The molecule has 0 aromatic carbocycles. The molecule has 3 saturated heterocycles. The van der Waals surface area contributed by atoms with Gasteiger partial charge in [-0.2, -0.15) is 0 Å². The fraction of sp³-hybridized carbons (Fsp3) is 0.429. The molecule has 0 saturated carbocycles. The number of aliphatic hydroxyl groups is 1. The third kappa shape index (κ3) is 3.04. The highest BCUT2D eigenvalue weighted by atomic mass is 16.3. The van der Waals surface area contributed by atoms with Crippen LogP contribution in [0, 0.1) is 0 Å². The number of rotatable bonds is 4. The molecule has 8 heteroatoms. The smallest absolute Gasteiger partial charge is 0.252 e. The number of hydrogen-bond donors (Lipinski definition) is 1. The largest absolute Gasteiger partial charge is 0.392 e. The van der Waals surface area contributed by atoms with Gasteiger partial charge in [-0.1, -0.05) is 12.1 Å². The zero-order valence-electron chi connectivity index (χ0n) is 16.0. The quantitative estimate of drug-likeness (QED) is 0.734. The molecule has 0 unspecified atom stereocenters. The minimum Gasteiger partial charge on any atom is -0.392 e. The van der Waals surface area contributed by atoms with Crippen LogP contribution in [-0.2, 0) is 22.7 Å². The van der Waals surface area contributed by atoms with Crippen molar-refractivity contribution in [1.29, 1.82) is 0 Å². The number of amides is 2. The predicted octanol–water partition coefficient (Wildman–Crippen LogP) is 0.0352. The van der Waals surface area contributed by atoms with Crippen LogP contribution < -0.4 is 0 Å². The van der Waals surface area contributed by atoms with Gasteiger partial charge in [0.1, 0.15) is 5.54 Å². The van der Waals surface area contributed by atoms with Crippen molar-refractivity contribution in [3.05, 3.63) is 60.2 Å². The van der Waals surface area contributed by atoms with Crippen molar-refractivity contribution in [2.45, 2.75) is 37.2 Å². The molecule has 29 heavy (non-hydrogen) atoms. The molecule has 3 aliphatic rings. The summed E-state index contributed by atoms with van der Waals surface area (Å²) < 4.78 is 0.